The first kappa shape index (κ1) is 22.8. The van der Waals surface area contributed by atoms with Crippen LogP contribution in [0.25, 0.3) is 6.08 Å². The van der Waals surface area contributed by atoms with Gasteiger partial charge >= 0.3 is 11.9 Å². The Balaban J connectivity index is 1.96. The van der Waals surface area contributed by atoms with Gasteiger partial charge in [-0.2, -0.15) is 0 Å². The van der Waals surface area contributed by atoms with Crippen molar-refractivity contribution in [3.8, 4) is 11.5 Å². The lowest BCUT2D eigenvalue weighted by atomic mass is 10.1. The van der Waals surface area contributed by atoms with E-state index in [2.05, 4.69) is 43.5 Å². The van der Waals surface area contributed by atoms with Crippen LogP contribution in [-0.4, -0.2) is 24.4 Å². The molecule has 2 aromatic carbocycles. The Hall–Kier alpha value is -1.91. The van der Waals surface area contributed by atoms with Crippen molar-refractivity contribution < 1.29 is 23.8 Å². The zero-order valence-corrected chi connectivity index (χ0v) is 20.5. The fraction of sp³-hybridized carbons (Fsp3) is 0.190. The standard InChI is InChI=1S/C21H16BrClINO5/c1-3-18(26)29-19-14(23)7-11(9-17(19)28-4-2)8-16-21(27)30-20(25-16)12-5-6-15(24)13(22)10-12/h5-10H,3-4H2,1-2H3/b16-8-. The minimum Gasteiger partial charge on any atom is -0.490 e. The number of carbonyl (C=O) groups is 2. The van der Waals surface area contributed by atoms with Gasteiger partial charge in [-0.05, 0) is 87.4 Å². The van der Waals surface area contributed by atoms with E-state index >= 15 is 0 Å². The second-order valence-electron chi connectivity index (χ2n) is 6.06. The maximum absolute atomic E-state index is 12.3. The van der Waals surface area contributed by atoms with Crippen molar-refractivity contribution in [1.82, 2.24) is 0 Å². The molecule has 0 atom stereocenters. The number of halogens is 3. The highest BCUT2D eigenvalue weighted by atomic mass is 127. The molecule has 0 aromatic heterocycles. The maximum atomic E-state index is 12.3. The van der Waals surface area contributed by atoms with Crippen molar-refractivity contribution in [2.75, 3.05) is 6.61 Å². The molecule has 1 aliphatic heterocycles. The topological polar surface area (TPSA) is 74.2 Å². The van der Waals surface area contributed by atoms with Crippen LogP contribution in [0, 0.1) is 3.57 Å². The number of esters is 2. The van der Waals surface area contributed by atoms with Crippen molar-refractivity contribution in [3.63, 3.8) is 0 Å². The number of cyclic esters (lactones) is 1. The molecular formula is C21H16BrClINO5. The molecule has 0 spiro atoms. The van der Waals surface area contributed by atoms with Crippen LogP contribution < -0.4 is 9.47 Å². The molecule has 156 valence electrons. The van der Waals surface area contributed by atoms with Crippen LogP contribution in [0.5, 0.6) is 11.5 Å². The molecule has 6 nitrogen and oxygen atoms in total. The summed E-state index contributed by atoms with van der Waals surface area (Å²) in [6.45, 7) is 3.83. The number of benzene rings is 2. The summed E-state index contributed by atoms with van der Waals surface area (Å²) in [5.74, 6) is -0.338. The number of hydrogen-bond acceptors (Lipinski definition) is 6. The van der Waals surface area contributed by atoms with Gasteiger partial charge in [0, 0.05) is 20.0 Å². The molecule has 0 radical (unpaired) electrons. The smallest absolute Gasteiger partial charge is 0.363 e. The van der Waals surface area contributed by atoms with Gasteiger partial charge in [0.1, 0.15) is 0 Å². The number of nitrogens with zero attached hydrogens (tertiary/aromatic N) is 1. The molecule has 2 aromatic rings. The average Bonchev–Trinajstić information content (AvgIpc) is 3.07. The number of carbonyl (C=O) groups excluding carboxylic acids is 2. The highest BCUT2D eigenvalue weighted by molar-refractivity contribution is 14.1. The van der Waals surface area contributed by atoms with Crippen molar-refractivity contribution in [3.05, 3.63) is 60.2 Å². The van der Waals surface area contributed by atoms with Gasteiger partial charge in [0.2, 0.25) is 5.90 Å². The molecule has 0 fully saturated rings. The van der Waals surface area contributed by atoms with Crippen LogP contribution in [0.1, 0.15) is 31.4 Å². The van der Waals surface area contributed by atoms with E-state index in [1.807, 2.05) is 18.2 Å². The Kier molecular flexibility index (Phi) is 7.54. The summed E-state index contributed by atoms with van der Waals surface area (Å²) in [4.78, 5) is 28.3. The Morgan fingerprint density at radius 1 is 1.30 bits per heavy atom. The molecule has 0 unspecified atom stereocenters. The van der Waals surface area contributed by atoms with E-state index in [0.717, 1.165) is 8.04 Å². The zero-order valence-electron chi connectivity index (χ0n) is 16.0. The van der Waals surface area contributed by atoms with Crippen LogP contribution in [0.2, 0.25) is 5.02 Å². The SMILES string of the molecule is CCOc1cc(/C=C2\N=C(c3ccc(I)c(Br)c3)OC2=O)cc(Cl)c1OC(=O)CC. The molecule has 0 N–H and O–H groups in total. The average molecular weight is 605 g/mol. The lowest BCUT2D eigenvalue weighted by molar-refractivity contribution is -0.134. The van der Waals surface area contributed by atoms with Crippen molar-refractivity contribution in [2.24, 2.45) is 4.99 Å². The highest BCUT2D eigenvalue weighted by Crippen LogP contribution is 2.38. The number of aliphatic imine (C=N–C) groups is 1. The van der Waals surface area contributed by atoms with E-state index < -0.39 is 11.9 Å². The molecule has 0 aliphatic carbocycles. The van der Waals surface area contributed by atoms with Crippen molar-refractivity contribution >= 4 is 74.0 Å². The molecule has 0 bridgehead atoms. The molecule has 0 amide bonds. The van der Waals surface area contributed by atoms with Gasteiger partial charge in [-0.25, -0.2) is 9.79 Å². The summed E-state index contributed by atoms with van der Waals surface area (Å²) < 4.78 is 18.1. The fourth-order valence-electron chi connectivity index (χ4n) is 2.54. The predicted octanol–water partition coefficient (Wildman–Crippen LogP) is 5.77. The Morgan fingerprint density at radius 3 is 2.73 bits per heavy atom. The van der Waals surface area contributed by atoms with E-state index in [-0.39, 0.29) is 28.8 Å². The minimum atomic E-state index is -0.574. The number of ether oxygens (including phenoxy) is 3. The third-order valence-corrected chi connectivity index (χ3v) is 6.55. The quantitative estimate of drug-likeness (QED) is 0.181. The Labute approximate surface area is 200 Å². The molecule has 9 heteroatoms. The summed E-state index contributed by atoms with van der Waals surface area (Å²) in [7, 11) is 0. The lowest BCUT2D eigenvalue weighted by Gasteiger charge is -2.13. The van der Waals surface area contributed by atoms with Gasteiger partial charge in [-0.15, -0.1) is 0 Å². The highest BCUT2D eigenvalue weighted by Gasteiger charge is 2.25. The van der Waals surface area contributed by atoms with E-state index in [1.54, 1.807) is 26.0 Å². The van der Waals surface area contributed by atoms with Gasteiger partial charge in [-0.3, -0.25) is 4.79 Å². The molecule has 0 saturated carbocycles. The predicted molar refractivity (Wildman–Crippen MR) is 126 cm³/mol. The van der Waals surface area contributed by atoms with Crippen LogP contribution in [0.4, 0.5) is 0 Å². The van der Waals surface area contributed by atoms with Crippen molar-refractivity contribution in [2.45, 2.75) is 20.3 Å². The maximum Gasteiger partial charge on any atom is 0.363 e. The van der Waals surface area contributed by atoms with Crippen LogP contribution >= 0.6 is 50.1 Å². The fourth-order valence-corrected chi connectivity index (χ4v) is 3.51. The summed E-state index contributed by atoms with van der Waals surface area (Å²) >= 11 is 12.0. The molecule has 1 heterocycles. The van der Waals surface area contributed by atoms with Gasteiger partial charge in [-0.1, -0.05) is 18.5 Å². The van der Waals surface area contributed by atoms with Crippen molar-refractivity contribution in [1.29, 1.82) is 0 Å². The summed E-state index contributed by atoms with van der Waals surface area (Å²) in [5, 5.41) is 0.187. The Bertz CT molecular complexity index is 1080. The van der Waals surface area contributed by atoms with Crippen LogP contribution in [-0.2, 0) is 14.3 Å². The van der Waals surface area contributed by atoms with Crippen LogP contribution in [0.15, 0.2) is 45.5 Å². The number of hydrogen-bond donors (Lipinski definition) is 0. The normalized spacial score (nSPS) is 14.5. The largest absolute Gasteiger partial charge is 0.490 e. The Morgan fingerprint density at radius 2 is 2.07 bits per heavy atom. The third kappa shape index (κ3) is 5.22. The summed E-state index contributed by atoms with van der Waals surface area (Å²) in [6, 6.07) is 8.74. The summed E-state index contributed by atoms with van der Waals surface area (Å²) in [6.07, 6.45) is 1.74. The van der Waals surface area contributed by atoms with Crippen LogP contribution in [0.3, 0.4) is 0 Å². The first-order valence-electron chi connectivity index (χ1n) is 8.97. The van der Waals surface area contributed by atoms with E-state index in [1.165, 1.54) is 6.08 Å². The van der Waals surface area contributed by atoms with E-state index in [4.69, 9.17) is 25.8 Å². The zero-order chi connectivity index (χ0) is 21.8. The second-order valence-corrected chi connectivity index (χ2v) is 8.48. The van der Waals surface area contributed by atoms with E-state index in [0.29, 0.717) is 23.5 Å². The second kappa shape index (κ2) is 9.93. The van der Waals surface area contributed by atoms with Gasteiger partial charge < -0.3 is 14.2 Å². The molecule has 0 saturated heterocycles. The molecular weight excluding hydrogens is 588 g/mol. The molecule has 3 rings (SSSR count). The van der Waals surface area contributed by atoms with Gasteiger partial charge in [0.05, 0.1) is 11.6 Å². The van der Waals surface area contributed by atoms with Gasteiger partial charge in [0.25, 0.3) is 0 Å². The lowest BCUT2D eigenvalue weighted by Crippen LogP contribution is -2.08. The minimum absolute atomic E-state index is 0.122. The first-order valence-corrected chi connectivity index (χ1v) is 11.2. The molecule has 30 heavy (non-hydrogen) atoms. The number of rotatable bonds is 6. The monoisotopic (exact) mass is 603 g/mol. The summed E-state index contributed by atoms with van der Waals surface area (Å²) in [5.41, 5.74) is 1.35. The molecule has 1 aliphatic rings. The third-order valence-electron chi connectivity index (χ3n) is 3.93. The van der Waals surface area contributed by atoms with Gasteiger partial charge in [0.15, 0.2) is 17.2 Å². The first-order chi connectivity index (χ1) is 14.3. The van der Waals surface area contributed by atoms with E-state index in [9.17, 15) is 9.59 Å².